The molecular formula is C60H42N2Si. The normalized spacial score (nSPS) is 11.8. The number of aromatic nitrogens is 1. The second-order valence-corrected chi connectivity index (χ2v) is 20.3. The topological polar surface area (TPSA) is 7.65 Å². The van der Waals surface area contributed by atoms with Crippen molar-refractivity contribution in [2.75, 3.05) is 4.90 Å². The molecule has 0 unspecified atom stereocenters. The number of hydrogen-bond acceptors (Lipinski definition) is 1. The van der Waals surface area contributed by atoms with Crippen LogP contribution in [-0.2, 0) is 0 Å². The molecule has 0 saturated heterocycles. The summed E-state index contributed by atoms with van der Waals surface area (Å²) in [4.78, 5) is 2.40. The van der Waals surface area contributed by atoms with Gasteiger partial charge < -0.3 is 9.30 Å². The van der Waals surface area contributed by atoms with Crippen molar-refractivity contribution in [2.24, 2.45) is 0 Å². The van der Waals surface area contributed by atoms with E-state index in [1.165, 1.54) is 81.1 Å². The van der Waals surface area contributed by atoms with Gasteiger partial charge >= 0.3 is 0 Å². The molecule has 0 amide bonds. The quantitative estimate of drug-likeness (QED) is 0.104. The Morgan fingerprint density at radius 1 is 0.270 bits per heavy atom. The zero-order valence-electron chi connectivity index (χ0n) is 34.6. The molecule has 3 heteroatoms. The largest absolute Gasteiger partial charge is 0.310 e. The minimum atomic E-state index is -2.61. The van der Waals surface area contributed by atoms with Crippen molar-refractivity contribution in [1.29, 1.82) is 0 Å². The first-order valence-corrected chi connectivity index (χ1v) is 23.8. The summed E-state index contributed by atoms with van der Waals surface area (Å²) in [5, 5.41) is 10.6. The van der Waals surface area contributed by atoms with Gasteiger partial charge in [0.15, 0.2) is 8.07 Å². The fourth-order valence-electron chi connectivity index (χ4n) is 10.2. The molecule has 0 aliphatic rings. The van der Waals surface area contributed by atoms with Crippen LogP contribution in [0.2, 0.25) is 0 Å². The predicted molar refractivity (Wildman–Crippen MR) is 270 cm³/mol. The van der Waals surface area contributed by atoms with E-state index in [-0.39, 0.29) is 0 Å². The van der Waals surface area contributed by atoms with Crippen LogP contribution in [0.1, 0.15) is 0 Å². The van der Waals surface area contributed by atoms with Gasteiger partial charge in [0.1, 0.15) is 0 Å². The molecule has 10 aromatic carbocycles. The summed E-state index contributed by atoms with van der Waals surface area (Å²) in [6, 6.07) is 94.0. The van der Waals surface area contributed by atoms with Crippen LogP contribution in [0.5, 0.6) is 0 Å². The van der Waals surface area contributed by atoms with E-state index in [2.05, 4.69) is 264 Å². The van der Waals surface area contributed by atoms with Crippen molar-refractivity contribution in [3.05, 3.63) is 255 Å². The number of hydrogen-bond donors (Lipinski definition) is 0. The standard InChI is InChI=1S/C60H42N2Si/c1-5-16-43(17-6-1)44-28-34-47(35-29-44)61(49-38-41-55-57-26-15-25-56-54-24-13-14-27-58(54)62(60(56)57)59(55)42-49)48-36-30-45(31-37-48)46-32-39-53(40-33-46)63(50-18-7-2-8-19-50,51-20-9-3-10-21-51)52-22-11-4-12-23-52/h1-42H. The van der Waals surface area contributed by atoms with Crippen molar-refractivity contribution < 1.29 is 0 Å². The van der Waals surface area contributed by atoms with Crippen molar-refractivity contribution in [3.8, 4) is 22.3 Å². The van der Waals surface area contributed by atoms with Crippen LogP contribution in [0.4, 0.5) is 17.1 Å². The molecule has 0 aliphatic heterocycles. The summed E-state index contributed by atoms with van der Waals surface area (Å²) < 4.78 is 2.47. The molecule has 12 rings (SSSR count). The lowest BCUT2D eigenvalue weighted by molar-refractivity contribution is 1.28. The van der Waals surface area contributed by atoms with Gasteiger partial charge in [-0.15, -0.1) is 0 Å². The molecule has 0 bridgehead atoms. The summed E-state index contributed by atoms with van der Waals surface area (Å²) in [5.74, 6) is 0. The zero-order chi connectivity index (χ0) is 41.7. The highest BCUT2D eigenvalue weighted by molar-refractivity contribution is 7.19. The molecule has 296 valence electrons. The first-order valence-electron chi connectivity index (χ1n) is 21.8. The summed E-state index contributed by atoms with van der Waals surface area (Å²) in [6.07, 6.45) is 0. The molecule has 0 atom stereocenters. The number of fused-ring (bicyclic) bond motifs is 6. The molecule has 2 aromatic heterocycles. The minimum absolute atomic E-state index is 1.10. The lowest BCUT2D eigenvalue weighted by atomic mass is 10.0. The van der Waals surface area contributed by atoms with Crippen molar-refractivity contribution in [2.45, 2.75) is 0 Å². The van der Waals surface area contributed by atoms with Crippen LogP contribution in [0, 0.1) is 0 Å². The van der Waals surface area contributed by atoms with Crippen LogP contribution < -0.4 is 25.6 Å². The molecule has 0 fully saturated rings. The zero-order valence-corrected chi connectivity index (χ0v) is 35.6. The summed E-state index contributed by atoms with van der Waals surface area (Å²) >= 11 is 0. The van der Waals surface area contributed by atoms with Crippen LogP contribution in [0.3, 0.4) is 0 Å². The summed E-state index contributed by atoms with van der Waals surface area (Å²) in [5.41, 5.74) is 11.8. The molecule has 2 nitrogen and oxygen atoms in total. The Kier molecular flexibility index (Phi) is 8.87. The highest BCUT2D eigenvalue weighted by Gasteiger charge is 2.41. The third-order valence-electron chi connectivity index (χ3n) is 13.1. The van der Waals surface area contributed by atoms with Crippen LogP contribution in [0.25, 0.3) is 60.3 Å². The van der Waals surface area contributed by atoms with E-state index >= 15 is 0 Å². The SMILES string of the molecule is c1ccc(-c2ccc(N(c3ccc(-c4ccc([Si](c5ccccc5)(c5ccccc5)c5ccccc5)cc4)cc3)c3ccc4c5cccc6c7ccccc7n(c4c3)c65)cc2)cc1. The lowest BCUT2D eigenvalue weighted by Gasteiger charge is -2.34. The molecule has 2 heterocycles. The molecule has 0 aliphatic carbocycles. The smallest absolute Gasteiger partial charge is 0.179 e. The van der Waals surface area contributed by atoms with E-state index in [0.717, 1.165) is 17.1 Å². The number of benzene rings is 10. The Bertz CT molecular complexity index is 3410. The van der Waals surface area contributed by atoms with Gasteiger partial charge in [0.2, 0.25) is 0 Å². The molecule has 0 spiro atoms. The Morgan fingerprint density at radius 2 is 0.651 bits per heavy atom. The Labute approximate surface area is 368 Å². The first kappa shape index (κ1) is 36.8. The fraction of sp³-hybridized carbons (Fsp3) is 0. The molecule has 12 aromatic rings. The van der Waals surface area contributed by atoms with Crippen molar-refractivity contribution in [1.82, 2.24) is 4.40 Å². The number of nitrogens with zero attached hydrogens (tertiary/aromatic N) is 2. The van der Waals surface area contributed by atoms with Gasteiger partial charge in [-0.25, -0.2) is 0 Å². The Hall–Kier alpha value is -7.98. The number of rotatable bonds is 9. The lowest BCUT2D eigenvalue weighted by Crippen LogP contribution is -2.74. The number of anilines is 3. The van der Waals surface area contributed by atoms with Crippen LogP contribution in [-0.4, -0.2) is 12.5 Å². The summed E-state index contributed by atoms with van der Waals surface area (Å²) in [6.45, 7) is 0. The van der Waals surface area contributed by atoms with E-state index in [4.69, 9.17) is 0 Å². The second-order valence-electron chi connectivity index (χ2n) is 16.5. The van der Waals surface area contributed by atoms with Gasteiger partial charge in [0.25, 0.3) is 0 Å². The third-order valence-corrected chi connectivity index (χ3v) is 17.9. The third kappa shape index (κ3) is 6.00. The molecule has 63 heavy (non-hydrogen) atoms. The van der Waals surface area contributed by atoms with E-state index in [0.29, 0.717) is 0 Å². The molecule has 0 N–H and O–H groups in total. The second kappa shape index (κ2) is 15.2. The van der Waals surface area contributed by atoms with Gasteiger partial charge in [-0.2, -0.15) is 0 Å². The Morgan fingerprint density at radius 3 is 1.17 bits per heavy atom. The van der Waals surface area contributed by atoms with Gasteiger partial charge in [0.05, 0.1) is 16.6 Å². The van der Waals surface area contributed by atoms with Gasteiger partial charge in [0, 0.05) is 38.6 Å². The maximum Gasteiger partial charge on any atom is 0.179 e. The average Bonchev–Trinajstić information content (AvgIpc) is 3.89. The highest BCUT2D eigenvalue weighted by Crippen LogP contribution is 2.43. The fourth-order valence-corrected chi connectivity index (χ4v) is 15.0. The van der Waals surface area contributed by atoms with E-state index < -0.39 is 8.07 Å². The maximum absolute atomic E-state index is 2.61. The predicted octanol–water partition coefficient (Wildman–Crippen LogP) is 13.0. The highest BCUT2D eigenvalue weighted by atomic mass is 28.3. The monoisotopic (exact) mass is 818 g/mol. The average molecular weight is 819 g/mol. The number of para-hydroxylation sites is 2. The van der Waals surface area contributed by atoms with E-state index in [1.807, 2.05) is 0 Å². The van der Waals surface area contributed by atoms with Gasteiger partial charge in [-0.3, -0.25) is 0 Å². The van der Waals surface area contributed by atoms with Gasteiger partial charge in [-0.05, 0) is 85.5 Å². The van der Waals surface area contributed by atoms with Crippen molar-refractivity contribution >= 4 is 84.0 Å². The minimum Gasteiger partial charge on any atom is -0.310 e. The summed E-state index contributed by atoms with van der Waals surface area (Å²) in [7, 11) is -2.61. The maximum atomic E-state index is 2.47. The van der Waals surface area contributed by atoms with E-state index in [9.17, 15) is 0 Å². The molecule has 0 radical (unpaired) electrons. The van der Waals surface area contributed by atoms with Crippen LogP contribution >= 0.6 is 0 Å². The van der Waals surface area contributed by atoms with Gasteiger partial charge in [-0.1, -0.05) is 212 Å². The van der Waals surface area contributed by atoms with Crippen molar-refractivity contribution in [3.63, 3.8) is 0 Å². The van der Waals surface area contributed by atoms with E-state index in [1.54, 1.807) is 0 Å². The molecule has 0 saturated carbocycles. The van der Waals surface area contributed by atoms with Crippen LogP contribution in [0.15, 0.2) is 255 Å². The Balaban J connectivity index is 0.967. The molecular weight excluding hydrogens is 777 g/mol. The first-order chi connectivity index (χ1) is 31.3.